The third-order valence-corrected chi connectivity index (χ3v) is 4.30. The minimum atomic E-state index is -0.0763. The Morgan fingerprint density at radius 3 is 2.88 bits per heavy atom. The molecular formula is C18H18ClN3O3. The van der Waals surface area contributed by atoms with Gasteiger partial charge in [0.1, 0.15) is 0 Å². The highest BCUT2D eigenvalue weighted by Crippen LogP contribution is 2.23. The summed E-state index contributed by atoms with van der Waals surface area (Å²) < 4.78 is 10.4. The van der Waals surface area contributed by atoms with E-state index >= 15 is 0 Å². The van der Waals surface area contributed by atoms with Gasteiger partial charge < -0.3 is 13.8 Å². The molecule has 0 spiro atoms. The van der Waals surface area contributed by atoms with Gasteiger partial charge in [0.2, 0.25) is 17.6 Å². The van der Waals surface area contributed by atoms with Gasteiger partial charge in [0.05, 0.1) is 12.3 Å². The third-order valence-electron chi connectivity index (χ3n) is 4.07. The second-order valence-corrected chi connectivity index (χ2v) is 6.16. The van der Waals surface area contributed by atoms with Crippen LogP contribution < -0.4 is 0 Å². The summed E-state index contributed by atoms with van der Waals surface area (Å²) in [6, 6.07) is 10.9. The van der Waals surface area contributed by atoms with E-state index in [-0.39, 0.29) is 18.4 Å². The average molecular weight is 360 g/mol. The van der Waals surface area contributed by atoms with E-state index in [2.05, 4.69) is 10.1 Å². The molecule has 7 heteroatoms. The average Bonchev–Trinajstić information content (AvgIpc) is 3.29. The summed E-state index contributed by atoms with van der Waals surface area (Å²) in [5.41, 5.74) is 0.987. The molecule has 0 aliphatic rings. The van der Waals surface area contributed by atoms with Gasteiger partial charge in [-0.15, -0.1) is 0 Å². The molecule has 0 aliphatic carbocycles. The van der Waals surface area contributed by atoms with Crippen LogP contribution in [0.3, 0.4) is 0 Å². The molecule has 0 bridgehead atoms. The molecule has 0 fully saturated rings. The van der Waals surface area contributed by atoms with Gasteiger partial charge in [0.15, 0.2) is 5.76 Å². The van der Waals surface area contributed by atoms with Crippen molar-refractivity contribution in [3.63, 3.8) is 0 Å². The minimum absolute atomic E-state index is 0.00905. The number of hydrogen-bond acceptors (Lipinski definition) is 5. The predicted octanol–water partition coefficient (Wildman–Crippen LogP) is 4.14. The Morgan fingerprint density at radius 2 is 2.16 bits per heavy atom. The Kier molecular flexibility index (Phi) is 5.19. The maximum absolute atomic E-state index is 12.4. The van der Waals surface area contributed by atoms with E-state index in [1.54, 1.807) is 30.3 Å². The molecule has 2 heterocycles. The van der Waals surface area contributed by atoms with Gasteiger partial charge in [-0.2, -0.15) is 4.98 Å². The van der Waals surface area contributed by atoms with Crippen LogP contribution in [0.5, 0.6) is 0 Å². The molecule has 25 heavy (non-hydrogen) atoms. The fraction of sp³-hybridized carbons (Fsp3) is 0.278. The standard InChI is InChI=1S/C18H18ClN3O3/c1-12(13-5-3-6-14(19)11-13)22(2)17(23)9-8-16-20-18(21-25-16)15-7-4-10-24-15/h3-7,10-12H,8-9H2,1-2H3. The molecule has 0 N–H and O–H groups in total. The van der Waals surface area contributed by atoms with E-state index in [0.29, 0.717) is 28.9 Å². The number of halogens is 1. The molecule has 0 aliphatic heterocycles. The highest BCUT2D eigenvalue weighted by molar-refractivity contribution is 6.30. The highest BCUT2D eigenvalue weighted by atomic mass is 35.5. The smallest absolute Gasteiger partial charge is 0.238 e. The lowest BCUT2D eigenvalue weighted by molar-refractivity contribution is -0.131. The molecule has 6 nitrogen and oxygen atoms in total. The Balaban J connectivity index is 1.58. The zero-order chi connectivity index (χ0) is 17.8. The second-order valence-electron chi connectivity index (χ2n) is 5.72. The Labute approximate surface area is 150 Å². The summed E-state index contributed by atoms with van der Waals surface area (Å²) >= 11 is 6.02. The SMILES string of the molecule is CC(c1cccc(Cl)c1)N(C)C(=O)CCc1nc(-c2ccco2)no1. The summed E-state index contributed by atoms with van der Waals surface area (Å²) in [5.74, 6) is 1.31. The number of rotatable bonds is 6. The van der Waals surface area contributed by atoms with E-state index in [4.69, 9.17) is 20.5 Å². The molecule has 1 atom stereocenters. The van der Waals surface area contributed by atoms with Crippen molar-refractivity contribution in [2.24, 2.45) is 0 Å². The molecule has 1 amide bonds. The third kappa shape index (κ3) is 4.09. The first-order valence-electron chi connectivity index (χ1n) is 7.92. The monoisotopic (exact) mass is 359 g/mol. The first-order chi connectivity index (χ1) is 12.0. The van der Waals surface area contributed by atoms with Gasteiger partial charge in [0.25, 0.3) is 0 Å². The molecular weight excluding hydrogens is 342 g/mol. The first kappa shape index (κ1) is 17.2. The summed E-state index contributed by atoms with van der Waals surface area (Å²) in [6.07, 6.45) is 2.20. The molecule has 0 radical (unpaired) electrons. The van der Waals surface area contributed by atoms with Crippen LogP contribution in [-0.2, 0) is 11.2 Å². The van der Waals surface area contributed by atoms with Crippen molar-refractivity contribution >= 4 is 17.5 Å². The van der Waals surface area contributed by atoms with Crippen LogP contribution in [0.15, 0.2) is 51.6 Å². The van der Waals surface area contributed by atoms with Crippen molar-refractivity contribution in [3.8, 4) is 11.6 Å². The van der Waals surface area contributed by atoms with Crippen LogP contribution in [-0.4, -0.2) is 28.0 Å². The zero-order valence-corrected chi connectivity index (χ0v) is 14.7. The molecule has 2 aromatic heterocycles. The number of furan rings is 1. The van der Waals surface area contributed by atoms with Gasteiger partial charge >= 0.3 is 0 Å². The van der Waals surface area contributed by atoms with E-state index in [1.165, 1.54) is 0 Å². The lowest BCUT2D eigenvalue weighted by atomic mass is 10.1. The Morgan fingerprint density at radius 1 is 1.32 bits per heavy atom. The molecule has 0 saturated carbocycles. The molecule has 1 aromatic carbocycles. The largest absolute Gasteiger partial charge is 0.461 e. The summed E-state index contributed by atoms with van der Waals surface area (Å²) in [6.45, 7) is 1.96. The molecule has 1 unspecified atom stereocenters. The Hall–Kier alpha value is -2.60. The van der Waals surface area contributed by atoms with E-state index in [1.807, 2.05) is 31.2 Å². The lowest BCUT2D eigenvalue weighted by Gasteiger charge is -2.25. The number of nitrogens with zero attached hydrogens (tertiary/aromatic N) is 3. The first-order valence-corrected chi connectivity index (χ1v) is 8.30. The fourth-order valence-corrected chi connectivity index (χ4v) is 2.66. The summed E-state index contributed by atoms with van der Waals surface area (Å²) in [4.78, 5) is 18.4. The van der Waals surface area contributed by atoms with E-state index in [9.17, 15) is 4.79 Å². The van der Waals surface area contributed by atoms with Crippen molar-refractivity contribution in [1.29, 1.82) is 0 Å². The maximum Gasteiger partial charge on any atom is 0.238 e. The van der Waals surface area contributed by atoms with Crippen LogP contribution in [0.1, 0.15) is 30.8 Å². The van der Waals surface area contributed by atoms with Gasteiger partial charge in [-0.1, -0.05) is 28.9 Å². The molecule has 130 valence electrons. The highest BCUT2D eigenvalue weighted by Gasteiger charge is 2.19. The number of hydrogen-bond donors (Lipinski definition) is 0. The fourth-order valence-electron chi connectivity index (χ4n) is 2.46. The quantitative estimate of drug-likeness (QED) is 0.661. The van der Waals surface area contributed by atoms with Crippen molar-refractivity contribution in [1.82, 2.24) is 15.0 Å². The second kappa shape index (κ2) is 7.53. The number of carbonyl (C=O) groups excluding carboxylic acids is 1. The molecule has 3 aromatic rings. The molecule has 3 rings (SSSR count). The van der Waals surface area contributed by atoms with E-state index < -0.39 is 0 Å². The van der Waals surface area contributed by atoms with Gasteiger partial charge in [0, 0.05) is 24.9 Å². The van der Waals surface area contributed by atoms with Crippen molar-refractivity contribution in [2.45, 2.75) is 25.8 Å². The van der Waals surface area contributed by atoms with Crippen LogP contribution in [0, 0.1) is 0 Å². The van der Waals surface area contributed by atoms with Crippen LogP contribution >= 0.6 is 11.6 Å². The number of aromatic nitrogens is 2. The maximum atomic E-state index is 12.4. The van der Waals surface area contributed by atoms with E-state index in [0.717, 1.165) is 5.56 Å². The summed E-state index contributed by atoms with van der Waals surface area (Å²) in [5, 5.41) is 4.51. The summed E-state index contributed by atoms with van der Waals surface area (Å²) in [7, 11) is 1.77. The van der Waals surface area contributed by atoms with Crippen LogP contribution in [0.4, 0.5) is 0 Å². The molecule has 0 saturated heterocycles. The van der Waals surface area contributed by atoms with Crippen molar-refractivity contribution in [2.75, 3.05) is 7.05 Å². The Bertz CT molecular complexity index is 845. The van der Waals surface area contributed by atoms with Crippen molar-refractivity contribution < 1.29 is 13.7 Å². The number of amides is 1. The minimum Gasteiger partial charge on any atom is -0.461 e. The number of benzene rings is 1. The topological polar surface area (TPSA) is 72.4 Å². The van der Waals surface area contributed by atoms with Crippen LogP contribution in [0.25, 0.3) is 11.6 Å². The van der Waals surface area contributed by atoms with Gasteiger partial charge in [-0.25, -0.2) is 0 Å². The zero-order valence-electron chi connectivity index (χ0n) is 14.0. The predicted molar refractivity (Wildman–Crippen MR) is 93.0 cm³/mol. The number of aryl methyl sites for hydroxylation is 1. The normalized spacial score (nSPS) is 12.1. The lowest BCUT2D eigenvalue weighted by Crippen LogP contribution is -2.29. The van der Waals surface area contributed by atoms with Crippen molar-refractivity contribution in [3.05, 3.63) is 59.1 Å². The van der Waals surface area contributed by atoms with Crippen LogP contribution in [0.2, 0.25) is 5.02 Å². The van der Waals surface area contributed by atoms with Gasteiger partial charge in [-0.3, -0.25) is 4.79 Å². The van der Waals surface area contributed by atoms with Gasteiger partial charge in [-0.05, 0) is 36.8 Å². The number of carbonyl (C=O) groups is 1.